The molecule has 1 amide bonds. The summed E-state index contributed by atoms with van der Waals surface area (Å²) in [4.78, 5) is 16.9. The Morgan fingerprint density at radius 3 is 2.11 bits per heavy atom. The molecule has 0 aromatic rings. The lowest BCUT2D eigenvalue weighted by molar-refractivity contribution is -0.138. The van der Waals surface area contributed by atoms with Crippen molar-refractivity contribution in [3.05, 3.63) is 0 Å². The molecule has 2 aliphatic rings. The molecule has 4 heteroatoms. The van der Waals surface area contributed by atoms with Crippen molar-refractivity contribution in [3.63, 3.8) is 0 Å². The molecule has 18 heavy (non-hydrogen) atoms. The Kier molecular flexibility index (Phi) is 4.62. The lowest BCUT2D eigenvalue weighted by atomic mass is 9.85. The molecule has 104 valence electrons. The van der Waals surface area contributed by atoms with Gasteiger partial charge in [0.1, 0.15) is 0 Å². The highest BCUT2D eigenvalue weighted by molar-refractivity contribution is 5.79. The third-order valence-corrected chi connectivity index (χ3v) is 4.48. The van der Waals surface area contributed by atoms with Crippen molar-refractivity contribution in [3.8, 4) is 0 Å². The van der Waals surface area contributed by atoms with E-state index in [1.165, 1.54) is 0 Å². The highest BCUT2D eigenvalue weighted by Crippen LogP contribution is 2.25. The number of nitrogens with zero attached hydrogens (tertiary/aromatic N) is 2. The van der Waals surface area contributed by atoms with Gasteiger partial charge >= 0.3 is 0 Å². The van der Waals surface area contributed by atoms with Gasteiger partial charge in [0.05, 0.1) is 0 Å². The number of piperazine rings is 1. The van der Waals surface area contributed by atoms with E-state index >= 15 is 0 Å². The van der Waals surface area contributed by atoms with Gasteiger partial charge in [-0.1, -0.05) is 0 Å². The molecule has 2 N–H and O–H groups in total. The summed E-state index contributed by atoms with van der Waals surface area (Å²) in [6.07, 6.45) is 4.01. The van der Waals surface area contributed by atoms with Crippen molar-refractivity contribution in [2.75, 3.05) is 26.2 Å². The number of carbonyl (C=O) groups excluding carboxylic acids is 1. The highest BCUT2D eigenvalue weighted by atomic mass is 16.2. The lowest BCUT2D eigenvalue weighted by Gasteiger charge is -2.39. The molecule has 2 fully saturated rings. The quantitative estimate of drug-likeness (QED) is 0.800. The smallest absolute Gasteiger partial charge is 0.225 e. The Morgan fingerprint density at radius 2 is 1.61 bits per heavy atom. The van der Waals surface area contributed by atoms with Crippen LogP contribution >= 0.6 is 0 Å². The van der Waals surface area contributed by atoms with Crippen LogP contribution in [0.5, 0.6) is 0 Å². The van der Waals surface area contributed by atoms with Crippen molar-refractivity contribution >= 4 is 5.91 Å². The van der Waals surface area contributed by atoms with E-state index in [-0.39, 0.29) is 5.92 Å². The minimum Gasteiger partial charge on any atom is -0.340 e. The van der Waals surface area contributed by atoms with Crippen molar-refractivity contribution in [2.24, 2.45) is 11.7 Å². The minimum atomic E-state index is 0.246. The minimum absolute atomic E-state index is 0.246. The maximum Gasteiger partial charge on any atom is 0.225 e. The zero-order valence-electron chi connectivity index (χ0n) is 11.8. The van der Waals surface area contributed by atoms with Crippen LogP contribution in [0.1, 0.15) is 39.5 Å². The first-order valence-corrected chi connectivity index (χ1v) is 7.36. The molecule has 0 aromatic heterocycles. The van der Waals surface area contributed by atoms with E-state index in [1.807, 2.05) is 0 Å². The maximum absolute atomic E-state index is 12.4. The molecule has 2 rings (SSSR count). The average Bonchev–Trinajstić information content (AvgIpc) is 2.39. The normalized spacial score (nSPS) is 30.8. The largest absolute Gasteiger partial charge is 0.340 e. The van der Waals surface area contributed by atoms with Crippen LogP contribution in [-0.2, 0) is 4.79 Å². The fourth-order valence-electron chi connectivity index (χ4n) is 3.08. The molecule has 4 nitrogen and oxygen atoms in total. The SMILES string of the molecule is CC(C)N1CCN(C(=O)[C@H]2CC[C@@H](N)CC2)CC1. The predicted octanol–water partition coefficient (Wildman–Crippen LogP) is 1.06. The lowest BCUT2D eigenvalue weighted by Crippen LogP contribution is -2.52. The average molecular weight is 253 g/mol. The van der Waals surface area contributed by atoms with E-state index < -0.39 is 0 Å². The third kappa shape index (κ3) is 3.23. The van der Waals surface area contributed by atoms with Crippen LogP contribution < -0.4 is 5.73 Å². The summed E-state index contributed by atoms with van der Waals surface area (Å²) >= 11 is 0. The molecule has 0 aromatic carbocycles. The van der Waals surface area contributed by atoms with Gasteiger partial charge in [-0.05, 0) is 39.5 Å². The fourth-order valence-corrected chi connectivity index (χ4v) is 3.08. The Morgan fingerprint density at radius 1 is 1.06 bits per heavy atom. The topological polar surface area (TPSA) is 49.6 Å². The van der Waals surface area contributed by atoms with Crippen LogP contribution in [0.25, 0.3) is 0 Å². The second-order valence-corrected chi connectivity index (χ2v) is 6.07. The summed E-state index contributed by atoms with van der Waals surface area (Å²) in [5.74, 6) is 0.626. The van der Waals surface area contributed by atoms with Crippen molar-refractivity contribution in [1.29, 1.82) is 0 Å². The number of hydrogen-bond acceptors (Lipinski definition) is 3. The van der Waals surface area contributed by atoms with E-state index in [9.17, 15) is 4.79 Å². The molecular formula is C14H27N3O. The second kappa shape index (κ2) is 6.02. The molecule has 0 unspecified atom stereocenters. The van der Waals surface area contributed by atoms with E-state index in [2.05, 4.69) is 23.6 Å². The molecule has 1 aliphatic carbocycles. The number of rotatable bonds is 2. The molecule has 0 spiro atoms. The summed E-state index contributed by atoms with van der Waals surface area (Å²) in [5, 5.41) is 0. The van der Waals surface area contributed by atoms with Crippen LogP contribution in [0, 0.1) is 5.92 Å². The van der Waals surface area contributed by atoms with Crippen molar-refractivity contribution < 1.29 is 4.79 Å². The van der Waals surface area contributed by atoms with Crippen LogP contribution in [-0.4, -0.2) is 54.0 Å². The zero-order chi connectivity index (χ0) is 13.1. The Bertz CT molecular complexity index is 277. The van der Waals surface area contributed by atoms with E-state index in [0.717, 1.165) is 51.9 Å². The fraction of sp³-hybridized carbons (Fsp3) is 0.929. The number of amides is 1. The summed E-state index contributed by atoms with van der Waals surface area (Å²) in [6, 6.07) is 0.918. The Hall–Kier alpha value is -0.610. The Balaban J connectivity index is 1.80. The van der Waals surface area contributed by atoms with Gasteiger partial charge in [0.2, 0.25) is 5.91 Å². The molecule has 1 aliphatic heterocycles. The number of nitrogens with two attached hydrogens (primary N) is 1. The summed E-state index contributed by atoms with van der Waals surface area (Å²) in [6.45, 7) is 8.30. The molecule has 0 bridgehead atoms. The van der Waals surface area contributed by atoms with E-state index in [0.29, 0.717) is 18.0 Å². The highest BCUT2D eigenvalue weighted by Gasteiger charge is 2.30. The first-order chi connectivity index (χ1) is 8.58. The van der Waals surface area contributed by atoms with Gasteiger partial charge in [-0.15, -0.1) is 0 Å². The number of hydrogen-bond donors (Lipinski definition) is 1. The van der Waals surface area contributed by atoms with Crippen LogP contribution in [0.2, 0.25) is 0 Å². The van der Waals surface area contributed by atoms with E-state index in [1.54, 1.807) is 0 Å². The van der Waals surface area contributed by atoms with Crippen LogP contribution in [0.3, 0.4) is 0 Å². The molecule has 1 heterocycles. The van der Waals surface area contributed by atoms with Crippen molar-refractivity contribution in [1.82, 2.24) is 9.80 Å². The molecule has 1 saturated heterocycles. The maximum atomic E-state index is 12.4. The first kappa shape index (κ1) is 13.8. The molecule has 1 saturated carbocycles. The molecule has 0 atom stereocenters. The third-order valence-electron chi connectivity index (χ3n) is 4.48. The van der Waals surface area contributed by atoms with Gasteiger partial charge in [-0.3, -0.25) is 9.69 Å². The molecule has 0 radical (unpaired) electrons. The standard InChI is InChI=1S/C14H27N3O/c1-11(2)16-7-9-17(10-8-16)14(18)12-3-5-13(15)6-4-12/h11-13H,3-10,15H2,1-2H3/t12-,13+. The monoisotopic (exact) mass is 253 g/mol. The predicted molar refractivity (Wildman–Crippen MR) is 73.2 cm³/mol. The summed E-state index contributed by atoms with van der Waals surface area (Å²) < 4.78 is 0. The van der Waals surface area contributed by atoms with Gasteiger partial charge in [0, 0.05) is 44.2 Å². The molecular weight excluding hydrogens is 226 g/mol. The van der Waals surface area contributed by atoms with Gasteiger partial charge in [-0.25, -0.2) is 0 Å². The second-order valence-electron chi connectivity index (χ2n) is 6.07. The van der Waals surface area contributed by atoms with Gasteiger partial charge < -0.3 is 10.6 Å². The summed E-state index contributed by atoms with van der Waals surface area (Å²) in [5.41, 5.74) is 5.90. The first-order valence-electron chi connectivity index (χ1n) is 7.36. The number of carbonyl (C=O) groups is 1. The van der Waals surface area contributed by atoms with Crippen LogP contribution in [0.4, 0.5) is 0 Å². The zero-order valence-corrected chi connectivity index (χ0v) is 11.8. The van der Waals surface area contributed by atoms with Gasteiger partial charge in [0.25, 0.3) is 0 Å². The Labute approximate surface area is 110 Å². The van der Waals surface area contributed by atoms with Crippen LogP contribution in [0.15, 0.2) is 0 Å². The van der Waals surface area contributed by atoms with Gasteiger partial charge in [-0.2, -0.15) is 0 Å². The summed E-state index contributed by atoms with van der Waals surface area (Å²) in [7, 11) is 0. The van der Waals surface area contributed by atoms with Gasteiger partial charge in [0.15, 0.2) is 0 Å². The van der Waals surface area contributed by atoms with Crippen molar-refractivity contribution in [2.45, 2.75) is 51.6 Å². The van der Waals surface area contributed by atoms with E-state index in [4.69, 9.17) is 5.73 Å².